The van der Waals surface area contributed by atoms with Crippen molar-refractivity contribution in [2.75, 3.05) is 0 Å². The highest BCUT2D eigenvalue weighted by molar-refractivity contribution is 5.71. The molecule has 0 aliphatic heterocycles. The number of nitrogens with zero attached hydrogens (tertiary/aromatic N) is 1. The molecule has 1 nitrogen and oxygen atoms in total. The van der Waals surface area contributed by atoms with Crippen LogP contribution in [0.3, 0.4) is 0 Å². The first-order chi connectivity index (χ1) is 6.18. The fourth-order valence-electron chi connectivity index (χ4n) is 0.298. The zero-order valence-electron chi connectivity index (χ0n) is 10.1. The molecule has 0 saturated carbocycles. The Bertz CT molecular complexity index is 132. The van der Waals surface area contributed by atoms with Crippen molar-refractivity contribution in [1.29, 1.82) is 0 Å². The molecule has 0 aliphatic carbocycles. The maximum Gasteiger partial charge on any atom is 0.0357 e. The lowest BCUT2D eigenvalue weighted by molar-refractivity contribution is 0.763. The summed E-state index contributed by atoms with van der Waals surface area (Å²) in [5.74, 6) is 0.432. The first kappa shape index (κ1) is 18.0. The van der Waals surface area contributed by atoms with Crippen LogP contribution in [-0.2, 0) is 0 Å². The Kier molecular flexibility index (Phi) is 24.0. The molecule has 0 aromatic carbocycles. The first-order valence-corrected chi connectivity index (χ1v) is 5.02. The average molecular weight is 183 g/mol. The summed E-state index contributed by atoms with van der Waals surface area (Å²) in [6.07, 6.45) is 3.30. The summed E-state index contributed by atoms with van der Waals surface area (Å²) in [6, 6.07) is 0. The van der Waals surface area contributed by atoms with Crippen LogP contribution in [0.4, 0.5) is 0 Å². The van der Waals surface area contributed by atoms with Crippen LogP contribution in [0.5, 0.6) is 0 Å². The summed E-state index contributed by atoms with van der Waals surface area (Å²) in [4.78, 5) is 4.00. The van der Waals surface area contributed by atoms with Crippen LogP contribution in [-0.4, -0.2) is 6.21 Å². The molecule has 0 saturated heterocycles. The van der Waals surface area contributed by atoms with E-state index in [4.69, 9.17) is 0 Å². The van der Waals surface area contributed by atoms with Crippen LogP contribution in [0.2, 0.25) is 0 Å². The second-order valence-corrected chi connectivity index (χ2v) is 2.16. The summed E-state index contributed by atoms with van der Waals surface area (Å²) in [5, 5.41) is 0. The Morgan fingerprint density at radius 1 is 1.15 bits per heavy atom. The minimum Gasteiger partial charge on any atom is -0.262 e. The SMILES string of the molecule is C=CC=NC(=C)C(C)C.CC.CC. The van der Waals surface area contributed by atoms with Crippen molar-refractivity contribution in [3.05, 3.63) is 24.9 Å². The molecule has 0 radical (unpaired) electrons. The van der Waals surface area contributed by atoms with E-state index in [1.54, 1.807) is 12.3 Å². The average Bonchev–Trinajstić information content (AvgIpc) is 2.20. The Balaban J connectivity index is -0.000000218. The van der Waals surface area contributed by atoms with E-state index in [1.165, 1.54) is 0 Å². The van der Waals surface area contributed by atoms with Gasteiger partial charge in [0.2, 0.25) is 0 Å². The van der Waals surface area contributed by atoms with Gasteiger partial charge < -0.3 is 0 Å². The van der Waals surface area contributed by atoms with Crippen molar-refractivity contribution >= 4 is 6.21 Å². The van der Waals surface area contributed by atoms with E-state index in [9.17, 15) is 0 Å². The normalized spacial score (nSPS) is 8.23. The largest absolute Gasteiger partial charge is 0.262 e. The van der Waals surface area contributed by atoms with Gasteiger partial charge >= 0.3 is 0 Å². The summed E-state index contributed by atoms with van der Waals surface area (Å²) in [7, 11) is 0. The number of allylic oxidation sites excluding steroid dienone is 2. The van der Waals surface area contributed by atoms with Crippen molar-refractivity contribution in [3.63, 3.8) is 0 Å². The van der Waals surface area contributed by atoms with Crippen LogP contribution < -0.4 is 0 Å². The van der Waals surface area contributed by atoms with Gasteiger partial charge in [0.05, 0.1) is 0 Å². The van der Waals surface area contributed by atoms with Gasteiger partial charge in [-0.1, -0.05) is 60.8 Å². The van der Waals surface area contributed by atoms with Crippen LogP contribution in [0.15, 0.2) is 29.9 Å². The van der Waals surface area contributed by atoms with Crippen LogP contribution in [0, 0.1) is 5.92 Å². The molecule has 0 atom stereocenters. The maximum absolute atomic E-state index is 4.00. The Morgan fingerprint density at radius 3 is 1.77 bits per heavy atom. The van der Waals surface area contributed by atoms with Crippen molar-refractivity contribution < 1.29 is 0 Å². The molecule has 0 amide bonds. The predicted molar refractivity (Wildman–Crippen MR) is 65.4 cm³/mol. The smallest absolute Gasteiger partial charge is 0.0357 e. The molecule has 13 heavy (non-hydrogen) atoms. The maximum atomic E-state index is 4.00. The Labute approximate surface area is 84.3 Å². The van der Waals surface area contributed by atoms with Gasteiger partial charge in [0, 0.05) is 11.9 Å². The van der Waals surface area contributed by atoms with Gasteiger partial charge in [-0.15, -0.1) is 0 Å². The molecule has 0 aliphatic rings. The standard InChI is InChI=1S/C8H13N.2C2H6/c1-5-6-9-8(4)7(2)3;2*1-2/h5-7H,1,4H2,2-3H3;2*1-2H3. The van der Waals surface area contributed by atoms with Gasteiger partial charge in [-0.05, 0) is 5.92 Å². The minimum atomic E-state index is 0.432. The van der Waals surface area contributed by atoms with Gasteiger partial charge in [-0.2, -0.15) is 0 Å². The molecule has 0 unspecified atom stereocenters. The predicted octanol–water partition coefficient (Wildman–Crippen LogP) is 4.47. The number of aliphatic imine (C=N–C) groups is 1. The second kappa shape index (κ2) is 17.3. The minimum absolute atomic E-state index is 0.432. The highest BCUT2D eigenvalue weighted by Crippen LogP contribution is 2.05. The van der Waals surface area contributed by atoms with Gasteiger partial charge in [0.25, 0.3) is 0 Å². The lowest BCUT2D eigenvalue weighted by atomic mass is 10.2. The first-order valence-electron chi connectivity index (χ1n) is 5.02. The number of rotatable bonds is 3. The molecular formula is C12H25N. The molecule has 0 spiro atoms. The zero-order valence-corrected chi connectivity index (χ0v) is 10.1. The van der Waals surface area contributed by atoms with E-state index >= 15 is 0 Å². The van der Waals surface area contributed by atoms with Crippen LogP contribution in [0.25, 0.3) is 0 Å². The Morgan fingerprint density at radius 2 is 1.54 bits per heavy atom. The highest BCUT2D eigenvalue weighted by Gasteiger charge is 1.93. The molecule has 0 heterocycles. The van der Waals surface area contributed by atoms with Crippen LogP contribution >= 0.6 is 0 Å². The molecule has 0 bridgehead atoms. The third kappa shape index (κ3) is 18.3. The topological polar surface area (TPSA) is 12.4 Å². The van der Waals surface area contributed by atoms with E-state index < -0.39 is 0 Å². The van der Waals surface area contributed by atoms with Crippen molar-refractivity contribution in [2.24, 2.45) is 10.9 Å². The van der Waals surface area contributed by atoms with E-state index in [0.29, 0.717) is 5.92 Å². The van der Waals surface area contributed by atoms with Gasteiger partial charge in [0.1, 0.15) is 0 Å². The molecule has 78 valence electrons. The number of hydrogen-bond donors (Lipinski definition) is 0. The van der Waals surface area contributed by atoms with E-state index in [1.807, 2.05) is 27.7 Å². The molecule has 0 fully saturated rings. The van der Waals surface area contributed by atoms with E-state index in [2.05, 4.69) is 32.0 Å². The molecular weight excluding hydrogens is 158 g/mol. The van der Waals surface area contributed by atoms with E-state index in [0.717, 1.165) is 5.70 Å². The molecule has 0 rings (SSSR count). The van der Waals surface area contributed by atoms with E-state index in [-0.39, 0.29) is 0 Å². The summed E-state index contributed by atoms with van der Waals surface area (Å²) >= 11 is 0. The van der Waals surface area contributed by atoms with Gasteiger partial charge in [-0.3, -0.25) is 4.99 Å². The van der Waals surface area contributed by atoms with Gasteiger partial charge in [-0.25, -0.2) is 0 Å². The Hall–Kier alpha value is -0.850. The number of hydrogen-bond acceptors (Lipinski definition) is 1. The van der Waals surface area contributed by atoms with Gasteiger partial charge in [0.15, 0.2) is 0 Å². The zero-order chi connectivity index (χ0) is 11.3. The molecule has 0 aromatic heterocycles. The summed E-state index contributed by atoms with van der Waals surface area (Å²) in [6.45, 7) is 19.4. The summed E-state index contributed by atoms with van der Waals surface area (Å²) < 4.78 is 0. The molecule has 0 N–H and O–H groups in total. The van der Waals surface area contributed by atoms with Crippen molar-refractivity contribution in [3.8, 4) is 0 Å². The quantitative estimate of drug-likeness (QED) is 0.573. The van der Waals surface area contributed by atoms with Crippen molar-refractivity contribution in [1.82, 2.24) is 0 Å². The summed E-state index contributed by atoms with van der Waals surface area (Å²) in [5.41, 5.74) is 0.898. The van der Waals surface area contributed by atoms with Crippen molar-refractivity contribution in [2.45, 2.75) is 41.5 Å². The third-order valence-electron chi connectivity index (χ3n) is 1.01. The van der Waals surface area contributed by atoms with Crippen LogP contribution in [0.1, 0.15) is 41.5 Å². The molecule has 1 heteroatoms. The lowest BCUT2D eigenvalue weighted by Gasteiger charge is -1.99. The second-order valence-electron chi connectivity index (χ2n) is 2.16. The fourth-order valence-corrected chi connectivity index (χ4v) is 0.298. The highest BCUT2D eigenvalue weighted by atomic mass is 14.7. The molecule has 0 aromatic rings. The fraction of sp³-hybridized carbons (Fsp3) is 0.583. The third-order valence-corrected chi connectivity index (χ3v) is 1.01. The monoisotopic (exact) mass is 183 g/mol. The lowest BCUT2D eigenvalue weighted by Crippen LogP contribution is -1.87.